The van der Waals surface area contributed by atoms with Crippen LogP contribution in [0.5, 0.6) is 5.75 Å². The molecule has 1 aromatic heterocycles. The summed E-state index contributed by atoms with van der Waals surface area (Å²) < 4.78 is 5.68. The van der Waals surface area contributed by atoms with Crippen molar-refractivity contribution in [3.05, 3.63) is 63.5 Å². The molecule has 0 fully saturated rings. The summed E-state index contributed by atoms with van der Waals surface area (Å²) in [5.74, 6) is 0.707. The van der Waals surface area contributed by atoms with Gasteiger partial charge in [-0.05, 0) is 62.6 Å². The normalized spacial score (nSPS) is 10.7. The fourth-order valence-corrected chi connectivity index (χ4v) is 3.62. The number of rotatable bonds is 7. The average molecular weight is 415 g/mol. The Hall–Kier alpha value is -2.37. The summed E-state index contributed by atoms with van der Waals surface area (Å²) >= 11 is 7.44. The first-order valence-corrected chi connectivity index (χ1v) is 10.4. The maximum atomic E-state index is 12.2. The van der Waals surface area contributed by atoms with E-state index < -0.39 is 0 Å². The molecule has 0 saturated carbocycles. The zero-order valence-electron chi connectivity index (χ0n) is 16.2. The van der Waals surface area contributed by atoms with Crippen LogP contribution in [0.25, 0.3) is 11.3 Å². The summed E-state index contributed by atoms with van der Waals surface area (Å²) in [7, 11) is 0. The van der Waals surface area contributed by atoms with E-state index in [4.69, 9.17) is 16.3 Å². The molecule has 0 radical (unpaired) electrons. The van der Waals surface area contributed by atoms with E-state index in [0.29, 0.717) is 24.6 Å². The summed E-state index contributed by atoms with van der Waals surface area (Å²) in [6.45, 7) is 6.53. The van der Waals surface area contributed by atoms with Crippen molar-refractivity contribution in [3.8, 4) is 17.0 Å². The van der Waals surface area contributed by atoms with Crippen LogP contribution in [0.1, 0.15) is 29.5 Å². The van der Waals surface area contributed by atoms with E-state index in [-0.39, 0.29) is 5.91 Å². The molecule has 3 rings (SSSR count). The molecule has 0 unspecified atom stereocenters. The van der Waals surface area contributed by atoms with E-state index in [1.807, 2.05) is 30.5 Å². The molecule has 4 nitrogen and oxygen atoms in total. The van der Waals surface area contributed by atoms with Crippen molar-refractivity contribution in [3.63, 3.8) is 0 Å². The van der Waals surface area contributed by atoms with Crippen LogP contribution in [-0.4, -0.2) is 17.5 Å². The van der Waals surface area contributed by atoms with Gasteiger partial charge in [0.2, 0.25) is 5.91 Å². The molecule has 0 aliphatic rings. The number of benzene rings is 2. The van der Waals surface area contributed by atoms with Gasteiger partial charge < -0.3 is 10.1 Å². The number of carbonyl (C=O) groups excluding carboxylic acids is 1. The van der Waals surface area contributed by atoms with Gasteiger partial charge in [-0.25, -0.2) is 4.98 Å². The number of hydrogen-bond acceptors (Lipinski definition) is 4. The number of ether oxygens (including phenoxy) is 1. The van der Waals surface area contributed by atoms with Crippen molar-refractivity contribution in [1.29, 1.82) is 0 Å². The topological polar surface area (TPSA) is 51.2 Å². The summed E-state index contributed by atoms with van der Waals surface area (Å²) in [6, 6.07) is 11.8. The lowest BCUT2D eigenvalue weighted by Crippen LogP contribution is -2.12. The molecule has 1 amide bonds. The third kappa shape index (κ3) is 5.33. The second-order valence-electron chi connectivity index (χ2n) is 6.77. The molecule has 2 aromatic carbocycles. The number of halogens is 1. The van der Waals surface area contributed by atoms with Crippen molar-refractivity contribution < 1.29 is 9.53 Å². The Morgan fingerprint density at radius 2 is 1.96 bits per heavy atom. The molecule has 0 aliphatic heterocycles. The fraction of sp³-hybridized carbons (Fsp3) is 0.273. The molecule has 28 heavy (non-hydrogen) atoms. The highest BCUT2D eigenvalue weighted by atomic mass is 35.5. The molecule has 1 heterocycles. The van der Waals surface area contributed by atoms with Crippen LogP contribution in [0.15, 0.2) is 41.8 Å². The number of amides is 1. The standard InChI is InChI=1S/C22H23ClN2O2S/c1-14-6-7-15(2)18(11-14)20-13-28-22(24-20)25-21(26)5-4-10-27-17-8-9-19(23)16(3)12-17/h6-9,11-13H,4-5,10H2,1-3H3,(H,24,25,26). The fourth-order valence-electron chi connectivity index (χ4n) is 2.78. The zero-order chi connectivity index (χ0) is 20.1. The Labute approximate surface area is 174 Å². The molecule has 0 spiro atoms. The number of anilines is 1. The van der Waals surface area contributed by atoms with Crippen LogP contribution < -0.4 is 10.1 Å². The van der Waals surface area contributed by atoms with E-state index >= 15 is 0 Å². The molecular weight excluding hydrogens is 392 g/mol. The zero-order valence-corrected chi connectivity index (χ0v) is 17.8. The summed E-state index contributed by atoms with van der Waals surface area (Å²) in [5.41, 5.74) is 5.32. The first-order chi connectivity index (χ1) is 13.4. The predicted molar refractivity (Wildman–Crippen MR) is 117 cm³/mol. The molecule has 0 saturated heterocycles. The smallest absolute Gasteiger partial charge is 0.226 e. The molecule has 0 atom stereocenters. The highest BCUT2D eigenvalue weighted by Crippen LogP contribution is 2.28. The molecule has 1 N–H and O–H groups in total. The SMILES string of the molecule is Cc1ccc(C)c(-c2csc(NC(=O)CCCOc3ccc(Cl)c(C)c3)n2)c1. The van der Waals surface area contributed by atoms with Crippen LogP contribution in [0.3, 0.4) is 0 Å². The lowest BCUT2D eigenvalue weighted by molar-refractivity contribution is -0.116. The van der Waals surface area contributed by atoms with Gasteiger partial charge in [0.1, 0.15) is 5.75 Å². The van der Waals surface area contributed by atoms with Gasteiger partial charge in [0.25, 0.3) is 0 Å². The van der Waals surface area contributed by atoms with Crippen molar-refractivity contribution >= 4 is 34.0 Å². The number of hydrogen-bond donors (Lipinski definition) is 1. The lowest BCUT2D eigenvalue weighted by atomic mass is 10.0. The van der Waals surface area contributed by atoms with Gasteiger partial charge in [-0.1, -0.05) is 29.3 Å². The van der Waals surface area contributed by atoms with Gasteiger partial charge in [-0.2, -0.15) is 0 Å². The third-order valence-corrected chi connectivity index (χ3v) is 5.55. The van der Waals surface area contributed by atoms with Gasteiger partial charge in [0.15, 0.2) is 5.13 Å². The van der Waals surface area contributed by atoms with E-state index in [1.54, 1.807) is 0 Å². The number of thiazole rings is 1. The van der Waals surface area contributed by atoms with E-state index in [1.165, 1.54) is 22.5 Å². The Morgan fingerprint density at radius 1 is 1.14 bits per heavy atom. The minimum Gasteiger partial charge on any atom is -0.494 e. The minimum absolute atomic E-state index is 0.0576. The van der Waals surface area contributed by atoms with Crippen molar-refractivity contribution in [1.82, 2.24) is 4.98 Å². The molecule has 6 heteroatoms. The average Bonchev–Trinajstić information content (AvgIpc) is 3.12. The van der Waals surface area contributed by atoms with Crippen LogP contribution >= 0.6 is 22.9 Å². The Morgan fingerprint density at radius 3 is 2.75 bits per heavy atom. The Bertz CT molecular complexity index is 984. The van der Waals surface area contributed by atoms with Crippen molar-refractivity contribution in [2.24, 2.45) is 0 Å². The third-order valence-electron chi connectivity index (χ3n) is 4.37. The van der Waals surface area contributed by atoms with Crippen LogP contribution in [0, 0.1) is 20.8 Å². The van der Waals surface area contributed by atoms with Gasteiger partial charge in [0, 0.05) is 22.4 Å². The quantitative estimate of drug-likeness (QED) is 0.469. The van der Waals surface area contributed by atoms with Crippen LogP contribution in [-0.2, 0) is 4.79 Å². The second-order valence-corrected chi connectivity index (χ2v) is 8.03. The molecule has 146 valence electrons. The number of aryl methyl sites for hydroxylation is 3. The number of aromatic nitrogens is 1. The van der Waals surface area contributed by atoms with Crippen molar-refractivity contribution in [2.75, 3.05) is 11.9 Å². The highest BCUT2D eigenvalue weighted by Gasteiger charge is 2.10. The van der Waals surface area contributed by atoms with Crippen LogP contribution in [0.4, 0.5) is 5.13 Å². The predicted octanol–water partition coefficient (Wildman–Crippen LogP) is 6.19. The maximum absolute atomic E-state index is 12.2. The van der Waals surface area contributed by atoms with E-state index in [9.17, 15) is 4.79 Å². The van der Waals surface area contributed by atoms with Gasteiger partial charge in [-0.3, -0.25) is 4.79 Å². The lowest BCUT2D eigenvalue weighted by Gasteiger charge is -2.07. The van der Waals surface area contributed by atoms with E-state index in [0.717, 1.165) is 27.6 Å². The Balaban J connectivity index is 1.48. The van der Waals surface area contributed by atoms with Gasteiger partial charge >= 0.3 is 0 Å². The minimum atomic E-state index is -0.0576. The van der Waals surface area contributed by atoms with E-state index in [2.05, 4.69) is 42.3 Å². The maximum Gasteiger partial charge on any atom is 0.226 e. The summed E-state index contributed by atoms with van der Waals surface area (Å²) in [6.07, 6.45) is 1.01. The summed E-state index contributed by atoms with van der Waals surface area (Å²) in [4.78, 5) is 16.7. The molecular formula is C22H23ClN2O2S. The highest BCUT2D eigenvalue weighted by molar-refractivity contribution is 7.14. The second kappa shape index (κ2) is 9.22. The number of nitrogens with zero attached hydrogens (tertiary/aromatic N) is 1. The summed E-state index contributed by atoms with van der Waals surface area (Å²) in [5, 5.41) is 6.19. The Kier molecular flexibility index (Phi) is 6.70. The van der Waals surface area contributed by atoms with Gasteiger partial charge in [0.05, 0.1) is 12.3 Å². The first-order valence-electron chi connectivity index (χ1n) is 9.14. The molecule has 0 bridgehead atoms. The number of nitrogens with one attached hydrogen (secondary N) is 1. The largest absolute Gasteiger partial charge is 0.494 e. The monoisotopic (exact) mass is 414 g/mol. The van der Waals surface area contributed by atoms with Crippen molar-refractivity contribution in [2.45, 2.75) is 33.6 Å². The molecule has 3 aromatic rings. The molecule has 0 aliphatic carbocycles. The van der Waals surface area contributed by atoms with Gasteiger partial charge in [-0.15, -0.1) is 11.3 Å². The van der Waals surface area contributed by atoms with Crippen LogP contribution in [0.2, 0.25) is 5.02 Å². The number of carbonyl (C=O) groups is 1. The first kappa shape index (κ1) is 20.4.